The average Bonchev–Trinajstić information content (AvgIpc) is 2.72. The summed E-state index contributed by atoms with van der Waals surface area (Å²) in [5.74, 6) is 1.57. The second kappa shape index (κ2) is 12.9. The summed E-state index contributed by atoms with van der Waals surface area (Å²) in [6.45, 7) is 1.34. The van der Waals surface area contributed by atoms with Crippen molar-refractivity contribution in [1.29, 1.82) is 0 Å². The summed E-state index contributed by atoms with van der Waals surface area (Å²) < 4.78 is 28.6. The molecule has 0 aliphatic rings. The Morgan fingerprint density at radius 3 is 2.29 bits per heavy atom. The minimum absolute atomic E-state index is 0. The quantitative estimate of drug-likeness (QED) is 0.279. The Balaban J connectivity index is 0.00000480. The third-order valence-electron chi connectivity index (χ3n) is 4.87. The number of ether oxygens (including phenoxy) is 1. The van der Waals surface area contributed by atoms with Crippen molar-refractivity contribution in [2.24, 2.45) is 4.99 Å². The van der Waals surface area contributed by atoms with Crippen LogP contribution in [0.4, 0.5) is 0 Å². The molecule has 0 aliphatic heterocycles. The normalized spacial score (nSPS) is 12.8. The topological polar surface area (TPSA) is 83.0 Å². The van der Waals surface area contributed by atoms with Crippen molar-refractivity contribution in [2.75, 3.05) is 47.6 Å². The summed E-state index contributed by atoms with van der Waals surface area (Å²) in [6.07, 6.45) is 1.97. The molecular weight excluding hydrogens is 527 g/mol. The first kappa shape index (κ1) is 27.2. The summed E-state index contributed by atoms with van der Waals surface area (Å²) in [6, 6.07) is 15.1. The monoisotopic (exact) mass is 560 g/mol. The van der Waals surface area contributed by atoms with Crippen LogP contribution in [0.2, 0.25) is 0 Å². The molecule has 7 nitrogen and oxygen atoms in total. The van der Waals surface area contributed by atoms with E-state index >= 15 is 0 Å². The number of methoxy groups -OCH3 is 1. The van der Waals surface area contributed by atoms with E-state index in [1.165, 1.54) is 6.26 Å². The van der Waals surface area contributed by atoms with Crippen LogP contribution in [0.15, 0.2) is 58.4 Å². The molecule has 2 aromatic carbocycles. The van der Waals surface area contributed by atoms with Gasteiger partial charge in [0.15, 0.2) is 15.8 Å². The number of para-hydroxylation sites is 1. The van der Waals surface area contributed by atoms with Gasteiger partial charge in [-0.2, -0.15) is 0 Å². The molecule has 172 valence electrons. The zero-order valence-electron chi connectivity index (χ0n) is 18.8. The Morgan fingerprint density at radius 1 is 1.10 bits per heavy atom. The van der Waals surface area contributed by atoms with Crippen molar-refractivity contribution in [3.05, 3.63) is 59.7 Å². The Labute approximate surface area is 203 Å². The highest BCUT2D eigenvalue weighted by atomic mass is 127. The highest BCUT2D eigenvalue weighted by Crippen LogP contribution is 2.27. The van der Waals surface area contributed by atoms with Gasteiger partial charge in [0.05, 0.1) is 18.0 Å². The van der Waals surface area contributed by atoms with Gasteiger partial charge in [-0.25, -0.2) is 8.42 Å². The van der Waals surface area contributed by atoms with E-state index in [4.69, 9.17) is 4.74 Å². The largest absolute Gasteiger partial charge is 0.496 e. The van der Waals surface area contributed by atoms with Gasteiger partial charge in [-0.15, -0.1) is 24.0 Å². The second-order valence-electron chi connectivity index (χ2n) is 7.27. The zero-order chi connectivity index (χ0) is 22.1. The van der Waals surface area contributed by atoms with Crippen LogP contribution in [0.3, 0.4) is 0 Å². The first-order valence-corrected chi connectivity index (χ1v) is 11.7. The third kappa shape index (κ3) is 8.30. The van der Waals surface area contributed by atoms with Gasteiger partial charge in [-0.05, 0) is 44.3 Å². The van der Waals surface area contributed by atoms with Crippen LogP contribution >= 0.6 is 24.0 Å². The van der Waals surface area contributed by atoms with E-state index in [-0.39, 0.29) is 30.0 Å². The van der Waals surface area contributed by atoms with Crippen LogP contribution in [-0.4, -0.2) is 66.9 Å². The SMILES string of the molecule is CN=C(NCCc1ccc(S(C)(=O)=O)cc1)NCC(c1ccccc1OC)N(C)C.I. The van der Waals surface area contributed by atoms with Gasteiger partial charge in [0, 0.05) is 32.0 Å². The third-order valence-corrected chi connectivity index (χ3v) is 5.99. The molecule has 0 saturated carbocycles. The Morgan fingerprint density at radius 2 is 1.74 bits per heavy atom. The molecule has 1 atom stereocenters. The molecule has 0 spiro atoms. The van der Waals surface area contributed by atoms with E-state index in [2.05, 4.69) is 26.6 Å². The molecule has 2 N–H and O–H groups in total. The van der Waals surface area contributed by atoms with Gasteiger partial charge >= 0.3 is 0 Å². The van der Waals surface area contributed by atoms with Crippen molar-refractivity contribution in [1.82, 2.24) is 15.5 Å². The molecule has 0 aromatic heterocycles. The maximum atomic E-state index is 11.6. The van der Waals surface area contributed by atoms with Gasteiger partial charge in [0.25, 0.3) is 0 Å². The lowest BCUT2D eigenvalue weighted by Gasteiger charge is -2.27. The number of hydrogen-bond donors (Lipinski definition) is 2. The standard InChI is InChI=1S/C22H32N4O3S.HI/c1-23-22(24-15-14-17-10-12-18(13-11-17)30(5,27)28)25-16-20(26(2)3)19-8-6-7-9-21(19)29-4;/h6-13,20H,14-16H2,1-5H3,(H2,23,24,25);1H. The van der Waals surface area contributed by atoms with Crippen LogP contribution in [0.1, 0.15) is 17.2 Å². The number of halogens is 1. The Kier molecular flexibility index (Phi) is 11.3. The lowest BCUT2D eigenvalue weighted by molar-refractivity contribution is 0.288. The molecule has 0 amide bonds. The van der Waals surface area contributed by atoms with Gasteiger partial charge in [-0.3, -0.25) is 4.99 Å². The predicted octanol–water partition coefficient (Wildman–Crippen LogP) is 2.73. The first-order chi connectivity index (χ1) is 14.3. The van der Waals surface area contributed by atoms with Gasteiger partial charge in [0.1, 0.15) is 5.75 Å². The number of sulfone groups is 1. The molecule has 1 unspecified atom stereocenters. The summed E-state index contributed by atoms with van der Waals surface area (Å²) in [5.41, 5.74) is 2.17. The van der Waals surface area contributed by atoms with E-state index in [1.807, 2.05) is 44.4 Å². The number of hydrogen-bond acceptors (Lipinski definition) is 5. The fourth-order valence-electron chi connectivity index (χ4n) is 3.15. The number of rotatable bonds is 9. The van der Waals surface area contributed by atoms with Gasteiger partial charge in [0.2, 0.25) is 0 Å². The van der Waals surface area contributed by atoms with Crippen LogP contribution in [-0.2, 0) is 16.3 Å². The molecule has 0 radical (unpaired) electrons. The van der Waals surface area contributed by atoms with Crippen molar-refractivity contribution < 1.29 is 13.2 Å². The highest BCUT2D eigenvalue weighted by molar-refractivity contribution is 14.0. The lowest BCUT2D eigenvalue weighted by atomic mass is 10.0. The Hall–Kier alpha value is -1.85. The highest BCUT2D eigenvalue weighted by Gasteiger charge is 2.18. The van der Waals surface area contributed by atoms with Crippen LogP contribution in [0.5, 0.6) is 5.75 Å². The summed E-state index contributed by atoms with van der Waals surface area (Å²) in [7, 11) is 4.33. The minimum Gasteiger partial charge on any atom is -0.496 e. The van der Waals surface area contributed by atoms with E-state index in [1.54, 1.807) is 26.3 Å². The molecule has 0 saturated heterocycles. The van der Waals surface area contributed by atoms with Crippen molar-refractivity contribution in [3.8, 4) is 5.75 Å². The smallest absolute Gasteiger partial charge is 0.191 e. The van der Waals surface area contributed by atoms with Crippen LogP contribution in [0, 0.1) is 0 Å². The average molecular weight is 561 g/mol. The molecule has 0 heterocycles. The minimum atomic E-state index is -3.17. The number of nitrogens with one attached hydrogen (secondary N) is 2. The predicted molar refractivity (Wildman–Crippen MR) is 137 cm³/mol. The van der Waals surface area contributed by atoms with Gasteiger partial charge in [-0.1, -0.05) is 30.3 Å². The first-order valence-electron chi connectivity index (χ1n) is 9.79. The fourth-order valence-corrected chi connectivity index (χ4v) is 3.79. The zero-order valence-corrected chi connectivity index (χ0v) is 21.9. The molecule has 2 aromatic rings. The number of aliphatic imine (C=N–C) groups is 1. The second-order valence-corrected chi connectivity index (χ2v) is 9.28. The molecule has 9 heteroatoms. The van der Waals surface area contributed by atoms with E-state index in [9.17, 15) is 8.42 Å². The molecule has 0 fully saturated rings. The van der Waals surface area contributed by atoms with E-state index in [0.29, 0.717) is 23.9 Å². The molecule has 2 rings (SSSR count). The van der Waals surface area contributed by atoms with Crippen molar-refractivity contribution in [3.63, 3.8) is 0 Å². The van der Waals surface area contributed by atoms with E-state index < -0.39 is 9.84 Å². The Bertz CT molecular complexity index is 947. The van der Waals surface area contributed by atoms with E-state index in [0.717, 1.165) is 23.3 Å². The molecule has 31 heavy (non-hydrogen) atoms. The van der Waals surface area contributed by atoms with Crippen molar-refractivity contribution in [2.45, 2.75) is 17.4 Å². The lowest BCUT2D eigenvalue weighted by Crippen LogP contribution is -2.42. The molecular formula is C22H33IN4O3S. The molecule has 0 bridgehead atoms. The number of likely N-dealkylation sites (N-methyl/N-ethyl adjacent to an activating group) is 1. The summed E-state index contributed by atoms with van der Waals surface area (Å²) in [4.78, 5) is 6.77. The summed E-state index contributed by atoms with van der Waals surface area (Å²) in [5, 5.41) is 6.69. The maximum absolute atomic E-state index is 11.6. The van der Waals surface area contributed by atoms with Crippen LogP contribution in [0.25, 0.3) is 0 Å². The number of benzene rings is 2. The number of nitrogens with zero attached hydrogens (tertiary/aromatic N) is 2. The summed E-state index contributed by atoms with van der Waals surface area (Å²) >= 11 is 0. The van der Waals surface area contributed by atoms with Crippen LogP contribution < -0.4 is 15.4 Å². The number of guanidine groups is 1. The maximum Gasteiger partial charge on any atom is 0.191 e. The van der Waals surface area contributed by atoms with Gasteiger partial charge < -0.3 is 20.3 Å². The fraction of sp³-hybridized carbons (Fsp3) is 0.409. The molecule has 0 aliphatic carbocycles. The van der Waals surface area contributed by atoms with Crippen molar-refractivity contribution >= 4 is 39.8 Å².